The van der Waals surface area contributed by atoms with Crippen LogP contribution in [0.5, 0.6) is 0 Å². The molecule has 214 valence electrons. The van der Waals surface area contributed by atoms with Crippen LogP contribution in [-0.2, 0) is 25.9 Å². The first-order valence-corrected chi connectivity index (χ1v) is 16.2. The molecule has 0 bridgehead atoms. The van der Waals surface area contributed by atoms with Crippen molar-refractivity contribution < 1.29 is 22.7 Å². The van der Waals surface area contributed by atoms with Crippen molar-refractivity contribution in [3.8, 4) is 11.1 Å². The number of nitrogens with zero attached hydrogens (tertiary/aromatic N) is 1. The highest BCUT2D eigenvalue weighted by atomic mass is 32.2. The van der Waals surface area contributed by atoms with Gasteiger partial charge in [0.25, 0.3) is 5.91 Å². The molecule has 1 fully saturated rings. The van der Waals surface area contributed by atoms with Crippen LogP contribution in [0.1, 0.15) is 73.4 Å². The maximum atomic E-state index is 13.5. The zero-order valence-electron chi connectivity index (χ0n) is 23.9. The Kier molecular flexibility index (Phi) is 11.5. The van der Waals surface area contributed by atoms with Gasteiger partial charge in [-0.3, -0.25) is 4.79 Å². The van der Waals surface area contributed by atoms with Crippen molar-refractivity contribution in [3.05, 3.63) is 59.2 Å². The normalized spacial score (nSPS) is 15.2. The zero-order chi connectivity index (χ0) is 28.4. The highest BCUT2D eigenvalue weighted by molar-refractivity contribution is 7.90. The molecule has 1 aliphatic rings. The molecule has 1 amide bonds. The number of rotatable bonds is 13. The molecule has 1 atom stereocenters. The van der Waals surface area contributed by atoms with Crippen LogP contribution >= 0.6 is 0 Å². The summed E-state index contributed by atoms with van der Waals surface area (Å²) < 4.78 is 28.6. The van der Waals surface area contributed by atoms with Crippen LogP contribution in [-0.4, -0.2) is 63.4 Å². The topological polar surface area (TPSA) is 92.8 Å². The second kappa shape index (κ2) is 14.6. The van der Waals surface area contributed by atoms with Gasteiger partial charge in [-0.2, -0.15) is 0 Å². The molecule has 7 nitrogen and oxygen atoms in total. The van der Waals surface area contributed by atoms with Gasteiger partial charge in [0.15, 0.2) is 0 Å². The fourth-order valence-corrected chi connectivity index (χ4v) is 5.98. The van der Waals surface area contributed by atoms with Gasteiger partial charge in [-0.25, -0.2) is 13.2 Å². The van der Waals surface area contributed by atoms with Crippen LogP contribution < -0.4 is 5.32 Å². The number of ether oxygens (including phenoxy) is 1. The standard InChI is InChI=1S/C31H44N2O5S/c1-5-38-31(35)29(18-20-39(4,36)37)32-30(34)27-16-15-25(21-28(27)26-14-10-9-11-23(26)2)22-33(3)19-17-24-12-7-6-8-13-24/h9-11,14-16,21,24,29H,5-8,12-13,17-20,22H2,1-4H3,(H,32,34)/t29-/m1/s1. The number of hydrogen-bond acceptors (Lipinski definition) is 6. The van der Waals surface area contributed by atoms with Crippen LogP contribution in [0.15, 0.2) is 42.5 Å². The highest BCUT2D eigenvalue weighted by Gasteiger charge is 2.26. The molecule has 1 N–H and O–H groups in total. The molecule has 0 unspecified atom stereocenters. The molecular formula is C31H44N2O5S. The monoisotopic (exact) mass is 556 g/mol. The summed E-state index contributed by atoms with van der Waals surface area (Å²) in [4.78, 5) is 28.4. The SMILES string of the molecule is CCOC(=O)[C@@H](CCS(C)(=O)=O)NC(=O)c1ccc(CN(C)CCC2CCCCC2)cc1-c1ccccc1C. The third-order valence-corrected chi connectivity index (χ3v) is 8.49. The summed E-state index contributed by atoms with van der Waals surface area (Å²) in [7, 11) is -1.18. The molecule has 0 heterocycles. The number of amides is 1. The Morgan fingerprint density at radius 2 is 1.79 bits per heavy atom. The molecule has 8 heteroatoms. The van der Waals surface area contributed by atoms with E-state index in [1.807, 2.05) is 37.3 Å². The fourth-order valence-electron chi connectivity index (χ4n) is 5.31. The van der Waals surface area contributed by atoms with Crippen LogP contribution in [0.4, 0.5) is 0 Å². The first kappa shape index (κ1) is 30.8. The molecule has 1 saturated carbocycles. The predicted molar refractivity (Wildman–Crippen MR) is 156 cm³/mol. The highest BCUT2D eigenvalue weighted by Crippen LogP contribution is 2.30. The number of sulfone groups is 1. The van der Waals surface area contributed by atoms with Crippen LogP contribution in [0.3, 0.4) is 0 Å². The number of aryl methyl sites for hydroxylation is 1. The quantitative estimate of drug-likeness (QED) is 0.343. The average Bonchev–Trinajstić information content (AvgIpc) is 2.90. The Balaban J connectivity index is 1.83. The lowest BCUT2D eigenvalue weighted by Gasteiger charge is -2.25. The minimum Gasteiger partial charge on any atom is -0.464 e. The van der Waals surface area contributed by atoms with Gasteiger partial charge < -0.3 is 15.0 Å². The number of carbonyl (C=O) groups excluding carboxylic acids is 2. The van der Waals surface area contributed by atoms with Gasteiger partial charge in [-0.1, -0.05) is 62.4 Å². The Bertz CT molecular complexity index is 1220. The van der Waals surface area contributed by atoms with Crippen molar-refractivity contribution >= 4 is 21.7 Å². The Morgan fingerprint density at radius 1 is 1.08 bits per heavy atom. The maximum Gasteiger partial charge on any atom is 0.328 e. The van der Waals surface area contributed by atoms with E-state index < -0.39 is 27.8 Å². The number of nitrogens with one attached hydrogen (secondary N) is 1. The zero-order valence-corrected chi connectivity index (χ0v) is 24.7. The molecule has 3 rings (SSSR count). The Hall–Kier alpha value is -2.71. The summed E-state index contributed by atoms with van der Waals surface area (Å²) in [5.74, 6) is -0.474. The van der Waals surface area contributed by atoms with E-state index in [9.17, 15) is 18.0 Å². The van der Waals surface area contributed by atoms with E-state index in [4.69, 9.17) is 4.74 Å². The fraction of sp³-hybridized carbons (Fsp3) is 0.548. The molecular weight excluding hydrogens is 512 g/mol. The van der Waals surface area contributed by atoms with Crippen LogP contribution in [0.25, 0.3) is 11.1 Å². The van der Waals surface area contributed by atoms with Gasteiger partial charge in [0.1, 0.15) is 15.9 Å². The molecule has 0 saturated heterocycles. The number of esters is 1. The van der Waals surface area contributed by atoms with E-state index in [1.165, 1.54) is 38.5 Å². The molecule has 0 spiro atoms. The minimum absolute atomic E-state index is 0.0486. The Morgan fingerprint density at radius 3 is 2.46 bits per heavy atom. The third kappa shape index (κ3) is 9.76. The summed E-state index contributed by atoms with van der Waals surface area (Å²) >= 11 is 0. The van der Waals surface area contributed by atoms with Crippen molar-refractivity contribution in [2.75, 3.05) is 32.2 Å². The van der Waals surface area contributed by atoms with E-state index >= 15 is 0 Å². The van der Waals surface area contributed by atoms with Crippen molar-refractivity contribution in [3.63, 3.8) is 0 Å². The molecule has 0 aliphatic heterocycles. The first-order valence-electron chi connectivity index (χ1n) is 14.1. The minimum atomic E-state index is -3.32. The number of benzene rings is 2. The summed E-state index contributed by atoms with van der Waals surface area (Å²) in [6.07, 6.45) is 9.02. The second-order valence-corrected chi connectivity index (χ2v) is 13.2. The van der Waals surface area contributed by atoms with Crippen molar-refractivity contribution in [1.29, 1.82) is 0 Å². The van der Waals surface area contributed by atoms with E-state index in [0.29, 0.717) is 5.56 Å². The van der Waals surface area contributed by atoms with Crippen molar-refractivity contribution in [2.24, 2.45) is 5.92 Å². The van der Waals surface area contributed by atoms with E-state index in [-0.39, 0.29) is 18.8 Å². The lowest BCUT2D eigenvalue weighted by atomic mass is 9.87. The van der Waals surface area contributed by atoms with Gasteiger partial charge in [-0.05, 0) is 80.6 Å². The molecule has 2 aromatic rings. The summed E-state index contributed by atoms with van der Waals surface area (Å²) in [5, 5.41) is 2.75. The van der Waals surface area contributed by atoms with Crippen LogP contribution in [0.2, 0.25) is 0 Å². The largest absolute Gasteiger partial charge is 0.464 e. The van der Waals surface area contributed by atoms with Gasteiger partial charge in [-0.15, -0.1) is 0 Å². The molecule has 2 aromatic carbocycles. The second-order valence-electron chi connectivity index (χ2n) is 10.9. The van der Waals surface area contributed by atoms with Crippen molar-refractivity contribution in [2.45, 2.75) is 71.4 Å². The maximum absolute atomic E-state index is 13.5. The van der Waals surface area contributed by atoms with Gasteiger partial charge in [0.05, 0.1) is 12.4 Å². The van der Waals surface area contributed by atoms with Gasteiger partial charge >= 0.3 is 5.97 Å². The molecule has 0 radical (unpaired) electrons. The summed E-state index contributed by atoms with van der Waals surface area (Å²) in [6, 6.07) is 12.7. The smallest absolute Gasteiger partial charge is 0.328 e. The summed E-state index contributed by atoms with van der Waals surface area (Å²) in [5.41, 5.74) is 4.31. The van der Waals surface area contributed by atoms with Gasteiger partial charge in [0, 0.05) is 18.4 Å². The Labute approximate surface area is 234 Å². The molecule has 1 aliphatic carbocycles. The van der Waals surface area contributed by atoms with Crippen molar-refractivity contribution in [1.82, 2.24) is 10.2 Å². The first-order chi connectivity index (χ1) is 18.6. The molecule has 0 aromatic heterocycles. The number of carbonyl (C=O) groups is 2. The predicted octanol–water partition coefficient (Wildman–Crippen LogP) is 5.16. The van der Waals surface area contributed by atoms with E-state index in [1.54, 1.807) is 13.0 Å². The lowest BCUT2D eigenvalue weighted by Crippen LogP contribution is -2.43. The van der Waals surface area contributed by atoms with Gasteiger partial charge in [0.2, 0.25) is 0 Å². The van der Waals surface area contributed by atoms with E-state index in [2.05, 4.69) is 23.3 Å². The lowest BCUT2D eigenvalue weighted by molar-refractivity contribution is -0.145. The summed E-state index contributed by atoms with van der Waals surface area (Å²) in [6.45, 7) is 5.63. The van der Waals surface area contributed by atoms with E-state index in [0.717, 1.165) is 47.5 Å². The average molecular weight is 557 g/mol. The third-order valence-electron chi connectivity index (χ3n) is 7.51. The molecule has 39 heavy (non-hydrogen) atoms. The van der Waals surface area contributed by atoms with Crippen LogP contribution in [0, 0.1) is 12.8 Å². The number of hydrogen-bond donors (Lipinski definition) is 1.